The maximum Gasteiger partial charge on any atom is 0.305 e. The number of aliphatic carboxylic acids is 1. The third-order valence-corrected chi connectivity index (χ3v) is 5.85. The number of carbonyl (C=O) groups excluding carboxylic acids is 1. The molecule has 1 amide bonds. The lowest BCUT2D eigenvalue weighted by Crippen LogP contribution is -2.38. The van der Waals surface area contributed by atoms with Crippen LogP contribution in [-0.4, -0.2) is 44.1 Å². The van der Waals surface area contributed by atoms with E-state index in [1.807, 2.05) is 19.9 Å². The molecule has 9 nitrogen and oxygen atoms in total. The monoisotopic (exact) mass is 494 g/mol. The first-order chi connectivity index (χ1) is 17.0. The van der Waals surface area contributed by atoms with Crippen molar-refractivity contribution < 1.29 is 28.9 Å². The van der Waals surface area contributed by atoms with Crippen molar-refractivity contribution in [3.05, 3.63) is 77.2 Å². The summed E-state index contributed by atoms with van der Waals surface area (Å²) in [5, 5.41) is 35.9. The molecule has 2 atom stereocenters. The van der Waals surface area contributed by atoms with E-state index in [1.54, 1.807) is 31.2 Å². The van der Waals surface area contributed by atoms with Gasteiger partial charge in [0.05, 0.1) is 29.7 Å². The lowest BCUT2D eigenvalue weighted by atomic mass is 9.94. The van der Waals surface area contributed by atoms with Crippen molar-refractivity contribution in [2.24, 2.45) is 5.92 Å². The number of aliphatic hydroxyl groups is 1. The Morgan fingerprint density at radius 2 is 1.94 bits per heavy atom. The third-order valence-electron chi connectivity index (χ3n) is 5.85. The minimum atomic E-state index is -1.20. The van der Waals surface area contributed by atoms with Crippen LogP contribution in [0.15, 0.2) is 54.6 Å². The van der Waals surface area contributed by atoms with Crippen LogP contribution in [0.1, 0.15) is 54.8 Å². The average Bonchev–Trinajstić information content (AvgIpc) is 3.26. The van der Waals surface area contributed by atoms with Crippen molar-refractivity contribution in [2.45, 2.75) is 38.8 Å². The molecule has 3 aromatic rings. The Bertz CT molecular complexity index is 1300. The fourth-order valence-electron chi connectivity index (χ4n) is 3.24. The van der Waals surface area contributed by atoms with Gasteiger partial charge in [-0.05, 0) is 42.7 Å². The van der Waals surface area contributed by atoms with Crippen LogP contribution >= 0.6 is 0 Å². The largest absolute Gasteiger partial charge is 0.481 e. The van der Waals surface area contributed by atoms with Crippen molar-refractivity contribution >= 4 is 11.9 Å². The molecule has 10 heteroatoms. The van der Waals surface area contributed by atoms with Crippen molar-refractivity contribution in [3.63, 3.8) is 0 Å². The second-order valence-electron chi connectivity index (χ2n) is 8.89. The molecule has 3 rings (SSSR count). The number of para-hydroxylation sites is 1. The Hall–Kier alpha value is -4.23. The van der Waals surface area contributed by atoms with Gasteiger partial charge in [0.15, 0.2) is 5.69 Å². The molecule has 0 bridgehead atoms. The molecule has 0 aliphatic heterocycles. The average molecular weight is 495 g/mol. The van der Waals surface area contributed by atoms with Crippen LogP contribution < -0.4 is 10.1 Å². The van der Waals surface area contributed by atoms with Crippen LogP contribution in [0.5, 0.6) is 5.88 Å². The lowest BCUT2D eigenvalue weighted by molar-refractivity contribution is -0.137. The van der Waals surface area contributed by atoms with Crippen molar-refractivity contribution in [1.29, 1.82) is 5.26 Å². The Kier molecular flexibility index (Phi) is 8.07. The van der Waals surface area contributed by atoms with Gasteiger partial charge in [-0.15, -0.1) is 0 Å². The van der Waals surface area contributed by atoms with Gasteiger partial charge in [-0.2, -0.15) is 15.0 Å². The number of ether oxygens (including phenoxy) is 1. The van der Waals surface area contributed by atoms with E-state index in [2.05, 4.69) is 10.4 Å². The number of carboxylic acids is 1. The number of nitrogens with zero attached hydrogens (tertiary/aromatic N) is 3. The summed E-state index contributed by atoms with van der Waals surface area (Å²) in [6.07, 6.45) is -0.435. The fourth-order valence-corrected chi connectivity index (χ4v) is 3.24. The predicted octanol–water partition coefficient (Wildman–Crippen LogP) is 3.61. The van der Waals surface area contributed by atoms with Gasteiger partial charge in [-0.25, -0.2) is 4.39 Å². The summed E-state index contributed by atoms with van der Waals surface area (Å²) >= 11 is 0. The number of hydrogen-bond donors (Lipinski definition) is 3. The SMILES string of the molecule is CC(C)[C@](C)(O)COc1cc(C(=O)NC(CC(=O)O)c2cccc(C#N)c2)nn1-c1ccccc1F. The normalized spacial score (nSPS) is 13.5. The van der Waals surface area contributed by atoms with Crippen LogP contribution in [0.25, 0.3) is 5.69 Å². The zero-order chi connectivity index (χ0) is 26.5. The fraction of sp³-hybridized carbons (Fsp3) is 0.308. The molecule has 2 aromatic carbocycles. The predicted molar refractivity (Wildman–Crippen MR) is 128 cm³/mol. The smallest absolute Gasteiger partial charge is 0.305 e. The van der Waals surface area contributed by atoms with Gasteiger partial charge in [0.25, 0.3) is 5.91 Å². The third kappa shape index (κ3) is 6.25. The van der Waals surface area contributed by atoms with E-state index in [9.17, 15) is 24.2 Å². The summed E-state index contributed by atoms with van der Waals surface area (Å²) in [6.45, 7) is 5.09. The standard InChI is InChI=1S/C26H27FN4O5/c1-16(2)26(3,35)15-36-23-12-21(30-31(23)22-10-5-4-9-19(22)27)25(34)29-20(13-24(32)33)18-8-6-7-17(11-18)14-28/h4-12,16,20,35H,13,15H2,1-3H3,(H,29,34)(H,32,33)/t20?,26-/m1/s1. The Morgan fingerprint density at radius 3 is 2.58 bits per heavy atom. The van der Waals surface area contributed by atoms with Gasteiger partial charge in [0.1, 0.15) is 18.1 Å². The molecule has 0 radical (unpaired) electrons. The molecule has 3 N–H and O–H groups in total. The minimum Gasteiger partial charge on any atom is -0.481 e. The Balaban J connectivity index is 1.96. The van der Waals surface area contributed by atoms with Gasteiger partial charge < -0.3 is 20.3 Å². The summed E-state index contributed by atoms with van der Waals surface area (Å²) in [4.78, 5) is 24.6. The highest BCUT2D eigenvalue weighted by atomic mass is 19.1. The van der Waals surface area contributed by atoms with Crippen molar-refractivity contribution in [2.75, 3.05) is 6.61 Å². The van der Waals surface area contributed by atoms with E-state index in [-0.39, 0.29) is 29.8 Å². The molecule has 0 saturated heterocycles. The zero-order valence-corrected chi connectivity index (χ0v) is 20.1. The van der Waals surface area contributed by atoms with Gasteiger partial charge in [-0.1, -0.05) is 38.1 Å². The Labute approximate surface area is 207 Å². The van der Waals surface area contributed by atoms with Crippen LogP contribution in [0.4, 0.5) is 4.39 Å². The molecule has 36 heavy (non-hydrogen) atoms. The first-order valence-corrected chi connectivity index (χ1v) is 11.2. The number of benzene rings is 2. The second kappa shape index (κ2) is 11.0. The molecule has 0 spiro atoms. The molecule has 0 aliphatic rings. The van der Waals surface area contributed by atoms with Crippen LogP contribution in [-0.2, 0) is 4.79 Å². The quantitative estimate of drug-likeness (QED) is 0.391. The first kappa shape index (κ1) is 26.4. The van der Waals surface area contributed by atoms with Gasteiger partial charge in [0, 0.05) is 6.07 Å². The zero-order valence-electron chi connectivity index (χ0n) is 20.1. The number of nitriles is 1. The van der Waals surface area contributed by atoms with Crippen LogP contribution in [0.3, 0.4) is 0 Å². The van der Waals surface area contributed by atoms with E-state index >= 15 is 0 Å². The molecular formula is C26H27FN4O5. The number of hydrogen-bond acceptors (Lipinski definition) is 6. The number of rotatable bonds is 10. The highest BCUT2D eigenvalue weighted by molar-refractivity contribution is 5.93. The van der Waals surface area contributed by atoms with Crippen molar-refractivity contribution in [1.82, 2.24) is 15.1 Å². The molecular weight excluding hydrogens is 467 g/mol. The minimum absolute atomic E-state index is 0.0208. The van der Waals surface area contributed by atoms with Gasteiger partial charge in [-0.3, -0.25) is 9.59 Å². The molecule has 0 saturated carbocycles. The second-order valence-corrected chi connectivity index (χ2v) is 8.89. The van der Waals surface area contributed by atoms with Gasteiger partial charge in [0.2, 0.25) is 5.88 Å². The van der Waals surface area contributed by atoms with Crippen LogP contribution in [0.2, 0.25) is 0 Å². The summed E-state index contributed by atoms with van der Waals surface area (Å²) < 4.78 is 21.4. The molecule has 1 unspecified atom stereocenters. The van der Waals surface area contributed by atoms with Crippen molar-refractivity contribution in [3.8, 4) is 17.6 Å². The topological polar surface area (TPSA) is 137 Å². The summed E-state index contributed by atoms with van der Waals surface area (Å²) in [7, 11) is 0. The number of halogens is 1. The van der Waals surface area contributed by atoms with Crippen LogP contribution in [0, 0.1) is 23.1 Å². The number of amides is 1. The molecule has 0 aliphatic carbocycles. The Morgan fingerprint density at radius 1 is 1.22 bits per heavy atom. The highest BCUT2D eigenvalue weighted by Crippen LogP contribution is 2.25. The van der Waals surface area contributed by atoms with E-state index in [1.165, 1.54) is 30.3 Å². The van der Waals surface area contributed by atoms with E-state index in [0.29, 0.717) is 11.1 Å². The molecule has 1 aromatic heterocycles. The highest BCUT2D eigenvalue weighted by Gasteiger charge is 2.28. The molecule has 188 valence electrons. The van der Waals surface area contributed by atoms with E-state index < -0.39 is 35.8 Å². The number of carboxylic acid groups (broad SMARTS) is 1. The summed E-state index contributed by atoms with van der Waals surface area (Å²) in [5.74, 6) is -2.61. The number of aromatic nitrogens is 2. The lowest BCUT2D eigenvalue weighted by Gasteiger charge is -2.27. The molecule has 1 heterocycles. The molecule has 0 fully saturated rings. The number of carbonyl (C=O) groups is 2. The number of nitrogens with one attached hydrogen (secondary N) is 1. The van der Waals surface area contributed by atoms with E-state index in [0.717, 1.165) is 4.68 Å². The summed E-state index contributed by atoms with van der Waals surface area (Å²) in [6, 6.07) is 14.4. The first-order valence-electron chi connectivity index (χ1n) is 11.2. The maximum atomic E-state index is 14.6. The van der Waals surface area contributed by atoms with E-state index in [4.69, 9.17) is 10.00 Å². The summed E-state index contributed by atoms with van der Waals surface area (Å²) in [5.41, 5.74) is -0.578. The maximum absolute atomic E-state index is 14.6. The van der Waals surface area contributed by atoms with Gasteiger partial charge >= 0.3 is 5.97 Å².